The van der Waals surface area contributed by atoms with Gasteiger partial charge in [0.1, 0.15) is 0 Å². The van der Waals surface area contributed by atoms with Gasteiger partial charge in [-0.15, -0.1) is 0 Å². The number of aromatic nitrogens is 1. The number of hydrazone groups is 1. The van der Waals surface area contributed by atoms with Crippen LogP contribution in [0.3, 0.4) is 0 Å². The molecule has 0 fully saturated rings. The molecule has 3 N–H and O–H groups in total. The maximum absolute atomic E-state index is 5.15. The van der Waals surface area contributed by atoms with Crippen LogP contribution in [0.15, 0.2) is 15.8 Å². The van der Waals surface area contributed by atoms with Gasteiger partial charge < -0.3 is 5.73 Å². The lowest BCUT2D eigenvalue weighted by molar-refractivity contribution is 1.04. The van der Waals surface area contributed by atoms with Crippen LogP contribution in [0.5, 0.6) is 0 Å². The standard InChI is InChI=1S/C5H5BrN4S2/c6-3-1-9-12-4(3)2-8-10-5(7)11/h1-2H,(H3,7,10,11)/b8-2+. The number of nitrogens with one attached hydrogen (secondary N) is 1. The SMILES string of the molecule is NC(=S)N/N=C/c1sncc1Br. The minimum atomic E-state index is 0.145. The topological polar surface area (TPSA) is 63.3 Å². The third-order valence-electron chi connectivity index (χ3n) is 0.909. The molecule has 0 amide bonds. The summed E-state index contributed by atoms with van der Waals surface area (Å²) in [5.41, 5.74) is 7.60. The largest absolute Gasteiger partial charge is 0.375 e. The van der Waals surface area contributed by atoms with Crippen molar-refractivity contribution in [1.82, 2.24) is 9.80 Å². The predicted octanol–water partition coefficient (Wildman–Crippen LogP) is 1.07. The Balaban J connectivity index is 2.57. The fourth-order valence-electron chi connectivity index (χ4n) is 0.476. The van der Waals surface area contributed by atoms with E-state index >= 15 is 0 Å². The summed E-state index contributed by atoms with van der Waals surface area (Å²) in [5.74, 6) is 0. The van der Waals surface area contributed by atoms with Crippen LogP contribution in [0, 0.1) is 0 Å². The van der Waals surface area contributed by atoms with Crippen LogP contribution in [0.4, 0.5) is 0 Å². The molecule has 0 bridgehead atoms. The molecule has 0 radical (unpaired) electrons. The van der Waals surface area contributed by atoms with Crippen molar-refractivity contribution in [2.45, 2.75) is 0 Å². The average molecular weight is 265 g/mol. The monoisotopic (exact) mass is 264 g/mol. The Morgan fingerprint density at radius 2 is 2.67 bits per heavy atom. The van der Waals surface area contributed by atoms with Crippen molar-refractivity contribution in [1.29, 1.82) is 0 Å². The number of nitrogens with zero attached hydrogens (tertiary/aromatic N) is 2. The van der Waals surface area contributed by atoms with Crippen LogP contribution in [0.2, 0.25) is 0 Å². The number of thiocarbonyl (C=S) groups is 1. The molecule has 4 nitrogen and oxygen atoms in total. The van der Waals surface area contributed by atoms with Gasteiger partial charge in [0.25, 0.3) is 0 Å². The minimum Gasteiger partial charge on any atom is -0.375 e. The van der Waals surface area contributed by atoms with Gasteiger partial charge in [-0.3, -0.25) is 5.43 Å². The number of nitrogens with two attached hydrogens (primary N) is 1. The number of hydrogen-bond acceptors (Lipinski definition) is 4. The fraction of sp³-hybridized carbons (Fsp3) is 0. The van der Waals surface area contributed by atoms with Crippen molar-refractivity contribution >= 4 is 51.0 Å². The van der Waals surface area contributed by atoms with Crippen LogP contribution in [-0.4, -0.2) is 15.7 Å². The van der Waals surface area contributed by atoms with Crippen LogP contribution in [0.1, 0.15) is 4.88 Å². The first kappa shape index (κ1) is 9.56. The van der Waals surface area contributed by atoms with Crippen molar-refractivity contribution in [3.63, 3.8) is 0 Å². The first-order valence-corrected chi connectivity index (χ1v) is 4.86. The van der Waals surface area contributed by atoms with Crippen LogP contribution in [-0.2, 0) is 0 Å². The molecule has 7 heteroatoms. The van der Waals surface area contributed by atoms with Crippen molar-refractivity contribution < 1.29 is 0 Å². The van der Waals surface area contributed by atoms with Gasteiger partial charge in [0.05, 0.1) is 21.8 Å². The highest BCUT2D eigenvalue weighted by atomic mass is 79.9. The number of rotatable bonds is 2. The van der Waals surface area contributed by atoms with Crippen molar-refractivity contribution in [3.8, 4) is 0 Å². The summed E-state index contributed by atoms with van der Waals surface area (Å²) in [6.07, 6.45) is 3.30. The Bertz CT molecular complexity index is 308. The molecule has 0 saturated carbocycles. The highest BCUT2D eigenvalue weighted by Crippen LogP contribution is 2.16. The highest BCUT2D eigenvalue weighted by molar-refractivity contribution is 9.10. The highest BCUT2D eigenvalue weighted by Gasteiger charge is 1.97. The third-order valence-corrected chi connectivity index (χ3v) is 2.63. The molecule has 0 atom stereocenters. The molecule has 1 heterocycles. The number of hydrogen-bond donors (Lipinski definition) is 2. The molecule has 0 aliphatic rings. The first-order chi connectivity index (χ1) is 5.70. The maximum Gasteiger partial charge on any atom is 0.184 e. The van der Waals surface area contributed by atoms with Gasteiger partial charge in [-0.05, 0) is 39.7 Å². The van der Waals surface area contributed by atoms with Crippen LogP contribution >= 0.6 is 39.7 Å². The summed E-state index contributed by atoms with van der Waals surface area (Å²) in [5, 5.41) is 3.92. The molecule has 1 aromatic rings. The first-order valence-electron chi connectivity index (χ1n) is 2.89. The molecule has 0 aliphatic carbocycles. The summed E-state index contributed by atoms with van der Waals surface area (Å²) in [6, 6.07) is 0. The lowest BCUT2D eigenvalue weighted by Gasteiger charge is -1.91. The van der Waals surface area contributed by atoms with Gasteiger partial charge in [-0.2, -0.15) is 9.47 Å². The normalized spacial score (nSPS) is 10.4. The minimum absolute atomic E-state index is 0.145. The van der Waals surface area contributed by atoms with Gasteiger partial charge in [-0.25, -0.2) is 0 Å². The van der Waals surface area contributed by atoms with Crippen LogP contribution < -0.4 is 11.2 Å². The fourth-order valence-corrected chi connectivity index (χ4v) is 1.60. The molecule has 0 saturated heterocycles. The Morgan fingerprint density at radius 1 is 1.92 bits per heavy atom. The van der Waals surface area contributed by atoms with Gasteiger partial charge in [0.2, 0.25) is 0 Å². The molecule has 0 unspecified atom stereocenters. The van der Waals surface area contributed by atoms with Crippen molar-refractivity contribution in [2.75, 3.05) is 0 Å². The molecule has 12 heavy (non-hydrogen) atoms. The molecule has 1 aromatic heterocycles. The maximum atomic E-state index is 5.15. The summed E-state index contributed by atoms with van der Waals surface area (Å²) >= 11 is 9.18. The van der Waals surface area contributed by atoms with E-state index in [1.165, 1.54) is 11.5 Å². The smallest absolute Gasteiger partial charge is 0.184 e. The summed E-state index contributed by atoms with van der Waals surface area (Å²) in [6.45, 7) is 0. The third kappa shape index (κ3) is 2.84. The second-order valence-corrected chi connectivity index (χ2v) is 3.90. The van der Waals surface area contributed by atoms with Gasteiger partial charge >= 0.3 is 0 Å². The zero-order valence-corrected chi connectivity index (χ0v) is 9.04. The van der Waals surface area contributed by atoms with E-state index in [0.29, 0.717) is 0 Å². The predicted molar refractivity (Wildman–Crippen MR) is 57.3 cm³/mol. The summed E-state index contributed by atoms with van der Waals surface area (Å²) < 4.78 is 4.83. The van der Waals surface area contributed by atoms with Crippen LogP contribution in [0.25, 0.3) is 0 Å². The second-order valence-electron chi connectivity index (χ2n) is 1.77. The van der Waals surface area contributed by atoms with E-state index in [9.17, 15) is 0 Å². The van der Waals surface area contributed by atoms with E-state index in [1.807, 2.05) is 0 Å². The zero-order valence-electron chi connectivity index (χ0n) is 5.82. The van der Waals surface area contributed by atoms with E-state index in [4.69, 9.17) is 5.73 Å². The Kier molecular flexibility index (Phi) is 3.57. The van der Waals surface area contributed by atoms with Gasteiger partial charge in [0, 0.05) is 0 Å². The quantitative estimate of drug-likeness (QED) is 0.477. The average Bonchev–Trinajstić information content (AvgIpc) is 2.36. The molecule has 64 valence electrons. The zero-order chi connectivity index (χ0) is 8.97. The number of halogens is 1. The Labute approximate surface area is 87.1 Å². The lowest BCUT2D eigenvalue weighted by atomic mass is 10.5. The van der Waals surface area contributed by atoms with E-state index in [2.05, 4.69) is 43.0 Å². The Hall–Kier alpha value is -0.530. The molecule has 0 aliphatic heterocycles. The molecule has 0 spiro atoms. The molecule has 1 rings (SSSR count). The van der Waals surface area contributed by atoms with E-state index in [1.54, 1.807) is 12.4 Å². The molecule has 0 aromatic carbocycles. The van der Waals surface area contributed by atoms with Gasteiger partial charge in [0.15, 0.2) is 5.11 Å². The van der Waals surface area contributed by atoms with E-state index in [-0.39, 0.29) is 5.11 Å². The summed E-state index contributed by atoms with van der Waals surface area (Å²) in [4.78, 5) is 0.916. The van der Waals surface area contributed by atoms with Gasteiger partial charge in [-0.1, -0.05) is 0 Å². The van der Waals surface area contributed by atoms with E-state index in [0.717, 1.165) is 9.35 Å². The summed E-state index contributed by atoms with van der Waals surface area (Å²) in [7, 11) is 0. The van der Waals surface area contributed by atoms with E-state index < -0.39 is 0 Å². The molecular formula is C5H5BrN4S2. The second kappa shape index (κ2) is 4.48. The van der Waals surface area contributed by atoms with Crippen molar-refractivity contribution in [3.05, 3.63) is 15.5 Å². The van der Waals surface area contributed by atoms with Crippen molar-refractivity contribution in [2.24, 2.45) is 10.8 Å². The lowest BCUT2D eigenvalue weighted by Crippen LogP contribution is -2.23. The Morgan fingerprint density at radius 3 is 3.17 bits per heavy atom. The molecular weight excluding hydrogens is 260 g/mol.